The highest BCUT2D eigenvalue weighted by molar-refractivity contribution is 7.89. The number of amides is 1. The molecule has 4 aromatic rings. The summed E-state index contributed by atoms with van der Waals surface area (Å²) in [5.41, 5.74) is 1.41. The molecule has 36 heavy (non-hydrogen) atoms. The Hall–Kier alpha value is -4.46. The average Bonchev–Trinajstić information content (AvgIpc) is 2.83. The van der Waals surface area contributed by atoms with Crippen molar-refractivity contribution in [2.45, 2.75) is 11.8 Å². The lowest BCUT2D eigenvalue weighted by molar-refractivity contribution is -0.118. The summed E-state index contributed by atoms with van der Waals surface area (Å²) in [5.74, 6) is -0.486. The average molecular weight is 506 g/mol. The Morgan fingerprint density at radius 1 is 1.06 bits per heavy atom. The zero-order valence-electron chi connectivity index (χ0n) is 19.0. The summed E-state index contributed by atoms with van der Waals surface area (Å²) < 4.78 is 48.3. The fraction of sp³-hybridized carbons (Fsp3) is 0.0769. The molecule has 0 radical (unpaired) electrons. The van der Waals surface area contributed by atoms with E-state index in [1.807, 2.05) is 6.07 Å². The van der Waals surface area contributed by atoms with Crippen LogP contribution in [0.3, 0.4) is 0 Å². The monoisotopic (exact) mass is 505 g/mol. The quantitative estimate of drug-likeness (QED) is 0.377. The van der Waals surface area contributed by atoms with Gasteiger partial charge in [0.1, 0.15) is 11.6 Å². The Morgan fingerprint density at radius 3 is 2.58 bits per heavy atom. The van der Waals surface area contributed by atoms with E-state index in [1.165, 1.54) is 30.3 Å². The summed E-state index contributed by atoms with van der Waals surface area (Å²) in [4.78, 5) is 12.4. The van der Waals surface area contributed by atoms with E-state index in [0.29, 0.717) is 22.6 Å². The predicted octanol–water partition coefficient (Wildman–Crippen LogP) is 4.62. The van der Waals surface area contributed by atoms with Crippen LogP contribution in [0.2, 0.25) is 0 Å². The number of fused-ring (bicyclic) bond motifs is 1. The van der Waals surface area contributed by atoms with Gasteiger partial charge >= 0.3 is 0 Å². The number of anilines is 1. The number of carbonyl (C=O) groups is 1. The second-order valence-electron chi connectivity index (χ2n) is 7.85. The summed E-state index contributed by atoms with van der Waals surface area (Å²) >= 11 is 0. The fourth-order valence-corrected chi connectivity index (χ4v) is 4.11. The Labute approximate surface area is 206 Å². The molecule has 0 aliphatic rings. The minimum atomic E-state index is -3.86. The normalized spacial score (nSPS) is 11.1. The number of nitrogens with zero attached hydrogens (tertiary/aromatic N) is 1. The number of nitriles is 1. The molecule has 0 saturated heterocycles. The first-order valence-corrected chi connectivity index (χ1v) is 12.1. The number of benzene rings is 4. The Bertz CT molecular complexity index is 1630. The molecule has 4 rings (SSSR count). The number of ether oxygens (including phenoxy) is 2. The van der Waals surface area contributed by atoms with E-state index >= 15 is 0 Å². The van der Waals surface area contributed by atoms with E-state index in [-0.39, 0.29) is 16.4 Å². The Kier molecular flexibility index (Phi) is 6.87. The molecule has 4 aromatic carbocycles. The van der Waals surface area contributed by atoms with Gasteiger partial charge in [-0.3, -0.25) is 4.79 Å². The van der Waals surface area contributed by atoms with Crippen LogP contribution in [0.15, 0.2) is 77.7 Å². The minimum absolute atomic E-state index is 0.0623. The maximum Gasteiger partial charge on any atom is 0.262 e. The van der Waals surface area contributed by atoms with Crippen LogP contribution >= 0.6 is 0 Å². The lowest BCUT2D eigenvalue weighted by Gasteiger charge is -2.14. The number of sulfonamides is 1. The van der Waals surface area contributed by atoms with Crippen LogP contribution in [0.4, 0.5) is 10.1 Å². The van der Waals surface area contributed by atoms with Crippen molar-refractivity contribution < 1.29 is 27.1 Å². The molecule has 10 heteroatoms. The number of halogens is 1. The largest absolute Gasteiger partial charge is 0.480 e. The van der Waals surface area contributed by atoms with Crippen molar-refractivity contribution in [1.82, 2.24) is 0 Å². The maximum absolute atomic E-state index is 13.9. The van der Waals surface area contributed by atoms with E-state index in [1.54, 1.807) is 37.3 Å². The third-order valence-corrected chi connectivity index (χ3v) is 6.18. The molecular weight excluding hydrogens is 485 g/mol. The van der Waals surface area contributed by atoms with Crippen LogP contribution in [-0.4, -0.2) is 20.9 Å². The lowest BCUT2D eigenvalue weighted by atomic mass is 10.1. The van der Waals surface area contributed by atoms with Crippen LogP contribution in [0.5, 0.6) is 17.2 Å². The highest BCUT2D eigenvalue weighted by Gasteiger charge is 2.14. The SMILES string of the molecule is Cc1cc(S(N)(=O)=O)ccc1NC(=O)COc1ccc(F)cc1Oc1ccc2c(C#N)cccc2c1. The van der Waals surface area contributed by atoms with Gasteiger partial charge in [0, 0.05) is 11.8 Å². The van der Waals surface area contributed by atoms with Crippen molar-refractivity contribution in [2.75, 3.05) is 11.9 Å². The molecule has 0 bridgehead atoms. The molecule has 8 nitrogen and oxygen atoms in total. The summed E-state index contributed by atoms with van der Waals surface area (Å²) in [5, 5.41) is 18.5. The second-order valence-corrected chi connectivity index (χ2v) is 9.41. The van der Waals surface area contributed by atoms with E-state index in [0.717, 1.165) is 16.8 Å². The van der Waals surface area contributed by atoms with Crippen LogP contribution in [0, 0.1) is 24.1 Å². The molecule has 1 amide bonds. The number of nitrogens with one attached hydrogen (secondary N) is 1. The molecule has 0 aromatic heterocycles. The molecule has 0 unspecified atom stereocenters. The van der Waals surface area contributed by atoms with Crippen LogP contribution < -0.4 is 19.9 Å². The number of hydrogen-bond acceptors (Lipinski definition) is 6. The molecule has 0 aliphatic carbocycles. The van der Waals surface area contributed by atoms with Gasteiger partial charge in [-0.15, -0.1) is 0 Å². The standard InChI is InChI=1S/C26H20FN3O5S/c1-16-11-21(36(29,32)33)7-9-23(16)30-26(31)15-34-24-10-5-19(27)13-25(24)35-20-6-8-22-17(12-20)3-2-4-18(22)14-28/h2-13H,15H2,1H3,(H,30,31)(H2,29,32,33). The van der Waals surface area contributed by atoms with Crippen molar-refractivity contribution in [1.29, 1.82) is 5.26 Å². The van der Waals surface area contributed by atoms with Crippen molar-refractivity contribution in [3.63, 3.8) is 0 Å². The Balaban J connectivity index is 1.48. The van der Waals surface area contributed by atoms with Crippen molar-refractivity contribution >= 4 is 32.4 Å². The number of nitrogens with two attached hydrogens (primary N) is 1. The molecule has 0 aliphatic heterocycles. The third-order valence-electron chi connectivity index (χ3n) is 5.27. The highest BCUT2D eigenvalue weighted by atomic mass is 32.2. The maximum atomic E-state index is 13.9. The zero-order chi connectivity index (χ0) is 25.9. The van der Waals surface area contributed by atoms with Crippen LogP contribution in [-0.2, 0) is 14.8 Å². The number of rotatable bonds is 7. The molecule has 0 heterocycles. The first kappa shape index (κ1) is 24.7. The van der Waals surface area contributed by atoms with Crippen molar-refractivity contribution in [2.24, 2.45) is 5.14 Å². The number of primary sulfonamides is 1. The first-order valence-electron chi connectivity index (χ1n) is 10.6. The van der Waals surface area contributed by atoms with Gasteiger partial charge in [0.2, 0.25) is 10.0 Å². The molecule has 0 atom stereocenters. The van der Waals surface area contributed by atoms with E-state index in [2.05, 4.69) is 11.4 Å². The smallest absolute Gasteiger partial charge is 0.262 e. The lowest BCUT2D eigenvalue weighted by Crippen LogP contribution is -2.21. The predicted molar refractivity (Wildman–Crippen MR) is 132 cm³/mol. The second kappa shape index (κ2) is 10.0. The summed E-state index contributed by atoms with van der Waals surface area (Å²) in [6.07, 6.45) is 0. The minimum Gasteiger partial charge on any atom is -0.480 e. The van der Waals surface area contributed by atoms with Gasteiger partial charge in [-0.05, 0) is 77.9 Å². The van der Waals surface area contributed by atoms with Crippen LogP contribution in [0.1, 0.15) is 11.1 Å². The van der Waals surface area contributed by atoms with Crippen LogP contribution in [0.25, 0.3) is 10.8 Å². The molecule has 0 spiro atoms. The summed E-state index contributed by atoms with van der Waals surface area (Å²) in [6.45, 7) is 1.21. The van der Waals surface area contributed by atoms with Gasteiger partial charge in [0.15, 0.2) is 18.1 Å². The van der Waals surface area contributed by atoms with E-state index < -0.39 is 28.4 Å². The first-order chi connectivity index (χ1) is 17.1. The van der Waals surface area contributed by atoms with Gasteiger partial charge in [-0.2, -0.15) is 5.26 Å². The van der Waals surface area contributed by atoms with E-state index in [4.69, 9.17) is 14.6 Å². The van der Waals surface area contributed by atoms with Gasteiger partial charge in [0.05, 0.1) is 16.5 Å². The molecule has 182 valence electrons. The van der Waals surface area contributed by atoms with Gasteiger partial charge in [-0.1, -0.05) is 12.1 Å². The van der Waals surface area contributed by atoms with Crippen molar-refractivity contribution in [3.05, 3.63) is 89.7 Å². The molecule has 3 N–H and O–H groups in total. The van der Waals surface area contributed by atoms with Gasteiger partial charge < -0.3 is 14.8 Å². The summed E-state index contributed by atoms with van der Waals surface area (Å²) in [6, 6.07) is 20.2. The Morgan fingerprint density at radius 2 is 1.86 bits per heavy atom. The third kappa shape index (κ3) is 5.60. The molecular formula is C26H20FN3O5S. The molecule has 0 saturated carbocycles. The number of aryl methyl sites for hydroxylation is 1. The molecule has 0 fully saturated rings. The van der Waals surface area contributed by atoms with Crippen molar-refractivity contribution in [3.8, 4) is 23.3 Å². The summed E-state index contributed by atoms with van der Waals surface area (Å²) in [7, 11) is -3.86. The topological polar surface area (TPSA) is 132 Å². The highest BCUT2D eigenvalue weighted by Crippen LogP contribution is 2.34. The van der Waals surface area contributed by atoms with E-state index in [9.17, 15) is 22.9 Å². The zero-order valence-corrected chi connectivity index (χ0v) is 19.8. The fourth-order valence-electron chi connectivity index (χ4n) is 3.51. The number of hydrogen-bond donors (Lipinski definition) is 2. The number of carbonyl (C=O) groups excluding carboxylic acids is 1. The van der Waals surface area contributed by atoms with Gasteiger partial charge in [-0.25, -0.2) is 17.9 Å². The van der Waals surface area contributed by atoms with Gasteiger partial charge in [0.25, 0.3) is 5.91 Å².